The molecule has 0 bridgehead atoms. The predicted octanol–water partition coefficient (Wildman–Crippen LogP) is 2.12. The van der Waals surface area contributed by atoms with Crippen LogP contribution in [0.4, 0.5) is 5.69 Å². The van der Waals surface area contributed by atoms with Crippen LogP contribution in [0.15, 0.2) is 24.3 Å². The van der Waals surface area contributed by atoms with Crippen LogP contribution in [0.1, 0.15) is 26.3 Å². The topological polar surface area (TPSA) is 69.6 Å². The normalized spacial score (nSPS) is 11.4. The SMILES string of the molecule is CCN(CC(=O)Nc1ccc(C)cc1)C(C)(C)C(=O)O. The number of rotatable bonds is 6. The van der Waals surface area contributed by atoms with Gasteiger partial charge < -0.3 is 10.4 Å². The van der Waals surface area contributed by atoms with Crippen molar-refractivity contribution in [3.8, 4) is 0 Å². The molecule has 0 aromatic heterocycles. The van der Waals surface area contributed by atoms with E-state index in [-0.39, 0.29) is 12.5 Å². The van der Waals surface area contributed by atoms with Gasteiger partial charge in [-0.05, 0) is 39.4 Å². The Bertz CT molecular complexity index is 480. The van der Waals surface area contributed by atoms with Gasteiger partial charge in [0.05, 0.1) is 6.54 Å². The molecule has 0 unspecified atom stereocenters. The van der Waals surface area contributed by atoms with Gasteiger partial charge in [-0.15, -0.1) is 0 Å². The van der Waals surface area contributed by atoms with E-state index in [0.717, 1.165) is 5.56 Å². The molecule has 1 aromatic rings. The van der Waals surface area contributed by atoms with Crippen LogP contribution < -0.4 is 5.32 Å². The van der Waals surface area contributed by atoms with Gasteiger partial charge in [0.1, 0.15) is 5.54 Å². The largest absolute Gasteiger partial charge is 0.480 e. The summed E-state index contributed by atoms with van der Waals surface area (Å²) in [5.41, 5.74) is 0.759. The van der Waals surface area contributed by atoms with Gasteiger partial charge in [0.15, 0.2) is 0 Å². The molecular weight excluding hydrogens is 256 g/mol. The maximum Gasteiger partial charge on any atom is 0.323 e. The molecule has 110 valence electrons. The van der Waals surface area contributed by atoms with Gasteiger partial charge in [-0.1, -0.05) is 24.6 Å². The minimum absolute atomic E-state index is 0.0453. The zero-order valence-electron chi connectivity index (χ0n) is 12.4. The Balaban J connectivity index is 2.69. The minimum atomic E-state index is -1.07. The lowest BCUT2D eigenvalue weighted by Crippen LogP contribution is -2.52. The quantitative estimate of drug-likeness (QED) is 0.836. The van der Waals surface area contributed by atoms with Gasteiger partial charge in [-0.25, -0.2) is 0 Å². The minimum Gasteiger partial charge on any atom is -0.480 e. The first-order chi connectivity index (χ1) is 9.27. The van der Waals surface area contributed by atoms with Crippen LogP contribution >= 0.6 is 0 Å². The lowest BCUT2D eigenvalue weighted by molar-refractivity contribution is -0.149. The smallest absolute Gasteiger partial charge is 0.323 e. The van der Waals surface area contributed by atoms with Gasteiger partial charge in [0, 0.05) is 5.69 Å². The zero-order valence-corrected chi connectivity index (χ0v) is 12.4. The molecule has 0 saturated carbocycles. The summed E-state index contributed by atoms with van der Waals surface area (Å²) in [6.45, 7) is 7.53. The van der Waals surface area contributed by atoms with E-state index in [1.807, 2.05) is 38.1 Å². The highest BCUT2D eigenvalue weighted by Gasteiger charge is 2.34. The Morgan fingerprint density at radius 3 is 2.25 bits per heavy atom. The fourth-order valence-corrected chi connectivity index (χ4v) is 1.85. The van der Waals surface area contributed by atoms with E-state index < -0.39 is 11.5 Å². The van der Waals surface area contributed by atoms with E-state index in [1.165, 1.54) is 0 Å². The third-order valence-corrected chi connectivity index (χ3v) is 3.37. The standard InChI is InChI=1S/C15H22N2O3/c1-5-17(15(3,4)14(19)20)10-13(18)16-12-8-6-11(2)7-9-12/h6-9H,5,10H2,1-4H3,(H,16,18)(H,19,20). The molecule has 0 fully saturated rings. The maximum atomic E-state index is 12.0. The Morgan fingerprint density at radius 1 is 1.25 bits per heavy atom. The van der Waals surface area contributed by atoms with Gasteiger partial charge in [0.2, 0.25) is 5.91 Å². The van der Waals surface area contributed by atoms with Crippen molar-refractivity contribution in [3.63, 3.8) is 0 Å². The number of carbonyl (C=O) groups excluding carboxylic acids is 1. The molecule has 1 amide bonds. The van der Waals surface area contributed by atoms with Crippen molar-refractivity contribution in [1.82, 2.24) is 4.90 Å². The first-order valence-corrected chi connectivity index (χ1v) is 6.62. The number of hydrogen-bond donors (Lipinski definition) is 2. The molecule has 2 N–H and O–H groups in total. The summed E-state index contributed by atoms with van der Waals surface area (Å²) >= 11 is 0. The van der Waals surface area contributed by atoms with Crippen LogP contribution in [0.5, 0.6) is 0 Å². The van der Waals surface area contributed by atoms with Crippen LogP contribution in [0.25, 0.3) is 0 Å². The number of anilines is 1. The van der Waals surface area contributed by atoms with Crippen molar-refractivity contribution in [1.29, 1.82) is 0 Å². The molecule has 0 aliphatic carbocycles. The summed E-state index contributed by atoms with van der Waals surface area (Å²) in [4.78, 5) is 24.8. The molecule has 5 heteroatoms. The first kappa shape index (κ1) is 16.2. The van der Waals surface area contributed by atoms with Crippen molar-refractivity contribution in [2.75, 3.05) is 18.4 Å². The van der Waals surface area contributed by atoms with Gasteiger partial charge in [-0.3, -0.25) is 14.5 Å². The lowest BCUT2D eigenvalue weighted by Gasteiger charge is -2.33. The molecule has 0 aliphatic rings. The van der Waals surface area contributed by atoms with E-state index in [1.54, 1.807) is 18.7 Å². The van der Waals surface area contributed by atoms with Crippen LogP contribution in [0.2, 0.25) is 0 Å². The third kappa shape index (κ3) is 4.06. The highest BCUT2D eigenvalue weighted by molar-refractivity contribution is 5.92. The summed E-state index contributed by atoms with van der Waals surface area (Å²) in [6.07, 6.45) is 0. The molecule has 0 saturated heterocycles. The number of nitrogens with zero attached hydrogens (tertiary/aromatic N) is 1. The summed E-state index contributed by atoms with van der Waals surface area (Å²) in [6, 6.07) is 7.47. The second-order valence-corrected chi connectivity index (χ2v) is 5.29. The molecule has 0 aliphatic heterocycles. The van der Waals surface area contributed by atoms with E-state index in [0.29, 0.717) is 12.2 Å². The molecule has 5 nitrogen and oxygen atoms in total. The summed E-state index contributed by atoms with van der Waals surface area (Å²) in [5, 5.41) is 12.0. The van der Waals surface area contributed by atoms with Gasteiger partial charge in [0.25, 0.3) is 0 Å². The molecule has 20 heavy (non-hydrogen) atoms. The van der Waals surface area contributed by atoms with Gasteiger partial charge in [-0.2, -0.15) is 0 Å². The molecule has 0 radical (unpaired) electrons. The van der Waals surface area contributed by atoms with Crippen molar-refractivity contribution < 1.29 is 14.7 Å². The summed E-state index contributed by atoms with van der Waals surface area (Å²) in [7, 11) is 0. The Labute approximate surface area is 119 Å². The molecule has 1 rings (SSSR count). The number of benzene rings is 1. The fourth-order valence-electron chi connectivity index (χ4n) is 1.85. The van der Waals surface area contributed by atoms with Crippen LogP contribution in [0.3, 0.4) is 0 Å². The number of aryl methyl sites for hydroxylation is 1. The highest BCUT2D eigenvalue weighted by Crippen LogP contribution is 2.15. The molecule has 1 aromatic carbocycles. The maximum absolute atomic E-state index is 12.0. The Hall–Kier alpha value is -1.88. The van der Waals surface area contributed by atoms with Crippen LogP contribution in [0, 0.1) is 6.92 Å². The number of nitrogens with one attached hydrogen (secondary N) is 1. The predicted molar refractivity (Wildman–Crippen MR) is 78.8 cm³/mol. The van der Waals surface area contributed by atoms with Crippen molar-refractivity contribution in [3.05, 3.63) is 29.8 Å². The second-order valence-electron chi connectivity index (χ2n) is 5.29. The monoisotopic (exact) mass is 278 g/mol. The molecule has 0 spiro atoms. The number of aliphatic carboxylic acids is 1. The number of carboxylic acid groups (broad SMARTS) is 1. The van der Waals surface area contributed by atoms with Crippen molar-refractivity contribution in [2.45, 2.75) is 33.2 Å². The Morgan fingerprint density at radius 2 is 1.80 bits per heavy atom. The molecular formula is C15H22N2O3. The van der Waals surface area contributed by atoms with E-state index in [9.17, 15) is 14.7 Å². The Kier molecular flexibility index (Phi) is 5.27. The van der Waals surface area contributed by atoms with Crippen LogP contribution in [-0.4, -0.2) is 40.5 Å². The summed E-state index contributed by atoms with van der Waals surface area (Å²) in [5.74, 6) is -1.16. The van der Waals surface area contributed by atoms with Crippen molar-refractivity contribution in [2.24, 2.45) is 0 Å². The number of carboxylic acids is 1. The number of likely N-dealkylation sites (N-methyl/N-ethyl adjacent to an activating group) is 1. The highest BCUT2D eigenvalue weighted by atomic mass is 16.4. The molecule has 0 atom stereocenters. The fraction of sp³-hybridized carbons (Fsp3) is 0.467. The summed E-state index contributed by atoms with van der Waals surface area (Å²) < 4.78 is 0. The number of hydrogen-bond acceptors (Lipinski definition) is 3. The second kappa shape index (κ2) is 6.52. The van der Waals surface area contributed by atoms with Crippen molar-refractivity contribution >= 4 is 17.6 Å². The average Bonchev–Trinajstić information content (AvgIpc) is 2.38. The van der Waals surface area contributed by atoms with E-state index in [2.05, 4.69) is 5.32 Å². The lowest BCUT2D eigenvalue weighted by atomic mass is 10.0. The zero-order chi connectivity index (χ0) is 15.3. The van der Waals surface area contributed by atoms with Crippen LogP contribution in [-0.2, 0) is 9.59 Å². The van der Waals surface area contributed by atoms with E-state index in [4.69, 9.17) is 0 Å². The first-order valence-electron chi connectivity index (χ1n) is 6.62. The third-order valence-electron chi connectivity index (χ3n) is 3.37. The van der Waals surface area contributed by atoms with Gasteiger partial charge >= 0.3 is 5.97 Å². The number of carbonyl (C=O) groups is 2. The number of amides is 1. The molecule has 0 heterocycles. The van der Waals surface area contributed by atoms with E-state index >= 15 is 0 Å². The average molecular weight is 278 g/mol.